The van der Waals surface area contributed by atoms with E-state index in [0.717, 1.165) is 0 Å². The Morgan fingerprint density at radius 2 is 1.74 bits per heavy atom. The van der Waals surface area contributed by atoms with E-state index in [4.69, 9.17) is 28.4 Å². The molecule has 3 aliphatic carbocycles. The summed E-state index contributed by atoms with van der Waals surface area (Å²) in [4.78, 5) is 26.8. The van der Waals surface area contributed by atoms with Crippen LogP contribution in [0, 0.1) is 34.5 Å². The van der Waals surface area contributed by atoms with Crippen LogP contribution in [0.15, 0.2) is 11.8 Å². The summed E-state index contributed by atoms with van der Waals surface area (Å²) in [6.07, 6.45) is -8.89. The van der Waals surface area contributed by atoms with Crippen molar-refractivity contribution in [1.29, 1.82) is 0 Å². The second-order valence-corrected chi connectivity index (χ2v) is 13.5. The van der Waals surface area contributed by atoms with Crippen LogP contribution in [-0.4, -0.2) is 119 Å². The van der Waals surface area contributed by atoms with Gasteiger partial charge in [-0.05, 0) is 31.3 Å². The maximum Gasteiger partial charge on any atom is 0.303 e. The van der Waals surface area contributed by atoms with Crippen molar-refractivity contribution < 1.29 is 63.5 Å². The minimum Gasteiger partial charge on any atom is -0.493 e. The van der Waals surface area contributed by atoms with Crippen molar-refractivity contribution in [3.8, 4) is 0 Å². The molecule has 5 rings (SSSR count). The molecule has 2 saturated heterocycles. The van der Waals surface area contributed by atoms with Crippen LogP contribution in [0.4, 0.5) is 0 Å². The largest absolute Gasteiger partial charge is 0.493 e. The van der Waals surface area contributed by atoms with E-state index >= 15 is 0 Å². The highest BCUT2D eigenvalue weighted by Crippen LogP contribution is 2.70. The lowest BCUT2D eigenvalue weighted by molar-refractivity contribution is -0.392. The third-order valence-electron chi connectivity index (χ3n) is 11.3. The second-order valence-electron chi connectivity index (χ2n) is 13.5. The molecule has 2 heterocycles. The number of ether oxygens (including phenoxy) is 6. The van der Waals surface area contributed by atoms with Crippen LogP contribution >= 0.6 is 0 Å². The fraction of sp³-hybridized carbons (Fsp3) is 0.867. The summed E-state index contributed by atoms with van der Waals surface area (Å²) in [6.45, 7) is 8.09. The molecule has 5 aliphatic rings. The van der Waals surface area contributed by atoms with Gasteiger partial charge in [0, 0.05) is 43.1 Å². The van der Waals surface area contributed by atoms with Gasteiger partial charge in [-0.25, -0.2) is 0 Å². The summed E-state index contributed by atoms with van der Waals surface area (Å²) in [5.41, 5.74) is -3.62. The number of carbonyl (C=O) groups is 2. The van der Waals surface area contributed by atoms with Crippen LogP contribution in [0.25, 0.3) is 0 Å². The number of rotatable bonds is 6. The van der Waals surface area contributed by atoms with Crippen molar-refractivity contribution in [2.45, 2.75) is 108 Å². The highest BCUT2D eigenvalue weighted by atomic mass is 16.8. The average molecular weight is 615 g/mol. The first kappa shape index (κ1) is 32.7. The molecular formula is C30H46O13. The second kappa shape index (κ2) is 11.3. The molecule has 0 amide bonds. The van der Waals surface area contributed by atoms with Gasteiger partial charge in [0.1, 0.15) is 36.6 Å². The van der Waals surface area contributed by atoms with Crippen LogP contribution in [0.2, 0.25) is 0 Å². The number of allylic oxidation sites excluding steroid dienone is 2. The van der Waals surface area contributed by atoms with Gasteiger partial charge in [-0.15, -0.1) is 0 Å². The molecule has 7 unspecified atom stereocenters. The zero-order valence-electron chi connectivity index (χ0n) is 25.7. The van der Waals surface area contributed by atoms with Crippen molar-refractivity contribution >= 4 is 11.8 Å². The van der Waals surface area contributed by atoms with E-state index in [1.807, 2.05) is 20.8 Å². The third-order valence-corrected chi connectivity index (χ3v) is 11.3. The number of hydrogen-bond donors (Lipinski definition) is 5. The van der Waals surface area contributed by atoms with Crippen molar-refractivity contribution in [3.05, 3.63) is 11.8 Å². The van der Waals surface area contributed by atoms with Crippen LogP contribution in [0.5, 0.6) is 0 Å². The number of esters is 1. The summed E-state index contributed by atoms with van der Waals surface area (Å²) in [5.74, 6) is -2.25. The zero-order valence-corrected chi connectivity index (χ0v) is 25.7. The van der Waals surface area contributed by atoms with Gasteiger partial charge in [0.2, 0.25) is 5.78 Å². The monoisotopic (exact) mass is 614 g/mol. The molecule has 0 aromatic rings. The van der Waals surface area contributed by atoms with Gasteiger partial charge in [0.15, 0.2) is 18.3 Å². The van der Waals surface area contributed by atoms with Crippen LogP contribution in [0.1, 0.15) is 47.5 Å². The van der Waals surface area contributed by atoms with Gasteiger partial charge in [0.05, 0.1) is 25.4 Å². The van der Waals surface area contributed by atoms with Gasteiger partial charge in [0.25, 0.3) is 0 Å². The Labute approximate surface area is 251 Å². The molecule has 13 heteroatoms. The van der Waals surface area contributed by atoms with E-state index in [2.05, 4.69) is 0 Å². The van der Waals surface area contributed by atoms with E-state index in [1.54, 1.807) is 13.0 Å². The lowest BCUT2D eigenvalue weighted by Crippen LogP contribution is -2.78. The molecule has 2 saturated carbocycles. The number of aliphatic hydroxyl groups is 5. The molecule has 0 spiro atoms. The smallest absolute Gasteiger partial charge is 0.303 e. The zero-order chi connectivity index (χ0) is 31.8. The van der Waals surface area contributed by atoms with E-state index in [0.29, 0.717) is 6.42 Å². The summed E-state index contributed by atoms with van der Waals surface area (Å²) >= 11 is 0. The molecule has 5 N–H and O–H groups in total. The Kier molecular flexibility index (Phi) is 8.58. The first-order valence-corrected chi connectivity index (χ1v) is 14.9. The van der Waals surface area contributed by atoms with Crippen molar-refractivity contribution in [2.24, 2.45) is 34.5 Å². The Hall–Kier alpha value is -1.68. The van der Waals surface area contributed by atoms with Gasteiger partial charge in [-0.2, -0.15) is 0 Å². The summed E-state index contributed by atoms with van der Waals surface area (Å²) in [7, 11) is 2.87. The molecule has 0 aromatic heterocycles. The fourth-order valence-corrected chi connectivity index (χ4v) is 9.44. The highest BCUT2D eigenvalue weighted by molar-refractivity contribution is 5.99. The quantitative estimate of drug-likeness (QED) is 0.244. The van der Waals surface area contributed by atoms with Gasteiger partial charge < -0.3 is 54.0 Å². The maximum absolute atomic E-state index is 14.2. The standard InChI is InChI=1S/C30H46O13/c1-12-8-15(38-6)25(36)28(3)14(12)9-18-29(4)17(30(5,37)26(39-7)23(24(28)29)40-13(2)32)10-19(42-18)43-27-22(35)21(34)20(33)16(11-31)41-27/h8,12,14,16-24,26-27,31,33-35,37H,9-11H2,1-7H3/t12?,14?,16-,17-,18-,19?,20?,21+,22?,23?,24?,26-,27+,28+,29-,30+/m1/s1. The molecule has 244 valence electrons. The summed E-state index contributed by atoms with van der Waals surface area (Å²) in [5, 5.41) is 53.0. The molecule has 0 bridgehead atoms. The molecule has 0 radical (unpaired) electrons. The molecule has 2 aliphatic heterocycles. The number of carbonyl (C=O) groups excluding carboxylic acids is 2. The van der Waals surface area contributed by atoms with Gasteiger partial charge >= 0.3 is 5.97 Å². The number of methoxy groups -OCH3 is 2. The fourth-order valence-electron chi connectivity index (χ4n) is 9.44. The third kappa shape index (κ3) is 4.69. The van der Waals surface area contributed by atoms with Crippen molar-refractivity contribution in [2.75, 3.05) is 20.8 Å². The molecule has 43 heavy (non-hydrogen) atoms. The average Bonchev–Trinajstić information content (AvgIpc) is 2.93. The first-order valence-electron chi connectivity index (χ1n) is 14.9. The minimum absolute atomic E-state index is 0.0651. The van der Waals surface area contributed by atoms with Gasteiger partial charge in [-0.3, -0.25) is 9.59 Å². The van der Waals surface area contributed by atoms with E-state index < -0.39 is 96.2 Å². The molecular weight excluding hydrogens is 568 g/mol. The summed E-state index contributed by atoms with van der Waals surface area (Å²) < 4.78 is 35.6. The Balaban J connectivity index is 1.60. The lowest BCUT2D eigenvalue weighted by atomic mass is 9.37. The molecule has 4 fully saturated rings. The van der Waals surface area contributed by atoms with E-state index in [9.17, 15) is 35.1 Å². The van der Waals surface area contributed by atoms with Crippen molar-refractivity contribution in [1.82, 2.24) is 0 Å². The first-order chi connectivity index (χ1) is 20.1. The van der Waals surface area contributed by atoms with E-state index in [1.165, 1.54) is 21.1 Å². The normalized spacial score (nSPS) is 52.9. The Morgan fingerprint density at radius 3 is 2.33 bits per heavy atom. The maximum atomic E-state index is 14.2. The Morgan fingerprint density at radius 1 is 1.07 bits per heavy atom. The number of fused-ring (bicyclic) bond motifs is 2. The van der Waals surface area contributed by atoms with Crippen molar-refractivity contribution in [3.63, 3.8) is 0 Å². The molecule has 0 aromatic carbocycles. The van der Waals surface area contributed by atoms with Gasteiger partial charge in [-0.1, -0.05) is 20.8 Å². The Bertz CT molecular complexity index is 1120. The van der Waals surface area contributed by atoms with Crippen LogP contribution in [-0.2, 0) is 38.0 Å². The number of Topliss-reactive ketones (excluding diaryl/α,β-unsaturated/α-hetero) is 1. The SMILES string of the molecule is COC1=CC(C)C2C[C@H]3OC(O[C@@H]4O[C@H](CO)C(O)[C@H](O)C4O)C[C@H]4[C@](C)(O)[C@H](OC)C(OC(C)=O)C([C@@]2(C)C1=O)[C@@]34C. The number of hydrogen-bond acceptors (Lipinski definition) is 13. The number of ketones is 1. The van der Waals surface area contributed by atoms with Crippen LogP contribution < -0.4 is 0 Å². The summed E-state index contributed by atoms with van der Waals surface area (Å²) in [6, 6.07) is 0. The molecule has 13 nitrogen and oxygen atoms in total. The minimum atomic E-state index is -1.64. The molecule has 16 atom stereocenters. The lowest BCUT2D eigenvalue weighted by Gasteiger charge is -2.71. The van der Waals surface area contributed by atoms with Crippen LogP contribution in [0.3, 0.4) is 0 Å². The number of aliphatic hydroxyl groups excluding tert-OH is 4. The predicted molar refractivity (Wildman–Crippen MR) is 146 cm³/mol. The van der Waals surface area contributed by atoms with E-state index in [-0.39, 0.29) is 29.8 Å². The topological polar surface area (TPSA) is 191 Å². The predicted octanol–water partition coefficient (Wildman–Crippen LogP) is -0.357. The highest BCUT2D eigenvalue weighted by Gasteiger charge is 2.76.